The first-order chi connectivity index (χ1) is 8.03. The van der Waals surface area contributed by atoms with Crippen molar-refractivity contribution >= 4 is 16.2 Å². The molecule has 1 saturated heterocycles. The first-order valence-corrected chi connectivity index (χ1v) is 7.50. The Morgan fingerprint density at radius 2 is 1.94 bits per heavy atom. The third kappa shape index (κ3) is 3.93. The molecule has 0 aromatic carbocycles. The van der Waals surface area contributed by atoms with E-state index in [1.807, 2.05) is 6.92 Å². The van der Waals surface area contributed by atoms with Crippen molar-refractivity contribution in [1.82, 2.24) is 9.03 Å². The Morgan fingerprint density at radius 3 is 2.39 bits per heavy atom. The van der Waals surface area contributed by atoms with Gasteiger partial charge < -0.3 is 5.11 Å². The van der Waals surface area contributed by atoms with Crippen LogP contribution in [0.25, 0.3) is 0 Å². The smallest absolute Gasteiger partial charge is 0.322 e. The Morgan fingerprint density at radius 1 is 1.39 bits per heavy atom. The molecule has 0 radical (unpaired) electrons. The lowest BCUT2D eigenvalue weighted by atomic mass is 9.94. The highest BCUT2D eigenvalue weighted by Crippen LogP contribution is 2.25. The summed E-state index contributed by atoms with van der Waals surface area (Å²) in [5.41, 5.74) is -0.620. The normalized spacial score (nSPS) is 27.1. The van der Waals surface area contributed by atoms with Gasteiger partial charge in [0.05, 0.1) is 0 Å². The molecule has 1 aliphatic rings. The first kappa shape index (κ1) is 15.4. The molecular weight excluding hydrogens is 256 g/mol. The zero-order valence-corrected chi connectivity index (χ0v) is 12.1. The topological polar surface area (TPSA) is 86.7 Å². The first-order valence-electron chi connectivity index (χ1n) is 6.06. The molecule has 1 rings (SSSR count). The molecular formula is C11H22N2O4S. The van der Waals surface area contributed by atoms with Crippen LogP contribution in [0.5, 0.6) is 0 Å². The molecule has 0 aliphatic carbocycles. The zero-order chi connectivity index (χ0) is 14.1. The van der Waals surface area contributed by atoms with E-state index < -0.39 is 27.8 Å². The van der Waals surface area contributed by atoms with Crippen molar-refractivity contribution in [1.29, 1.82) is 0 Å². The molecule has 0 spiro atoms. The Balaban J connectivity index is 2.95. The second kappa shape index (κ2) is 5.14. The molecule has 2 N–H and O–H groups in total. The Kier molecular flexibility index (Phi) is 4.40. The van der Waals surface area contributed by atoms with Gasteiger partial charge in [-0.25, -0.2) is 0 Å². The molecule has 2 unspecified atom stereocenters. The van der Waals surface area contributed by atoms with Crippen molar-refractivity contribution in [2.45, 2.75) is 52.1 Å². The molecule has 0 amide bonds. The van der Waals surface area contributed by atoms with Gasteiger partial charge in [0, 0.05) is 12.1 Å². The van der Waals surface area contributed by atoms with Gasteiger partial charge in [0.2, 0.25) is 0 Å². The molecule has 18 heavy (non-hydrogen) atoms. The number of hydrogen-bond acceptors (Lipinski definition) is 3. The van der Waals surface area contributed by atoms with Gasteiger partial charge in [-0.2, -0.15) is 17.4 Å². The summed E-state index contributed by atoms with van der Waals surface area (Å²) in [6, 6.07) is -0.964. The summed E-state index contributed by atoms with van der Waals surface area (Å²) < 4.78 is 27.9. The van der Waals surface area contributed by atoms with Gasteiger partial charge in [-0.15, -0.1) is 0 Å². The molecule has 1 aliphatic heterocycles. The zero-order valence-electron chi connectivity index (χ0n) is 11.3. The van der Waals surface area contributed by atoms with Crippen LogP contribution in [0.2, 0.25) is 0 Å². The van der Waals surface area contributed by atoms with Gasteiger partial charge in [-0.1, -0.05) is 6.92 Å². The van der Waals surface area contributed by atoms with Crippen LogP contribution in [0.1, 0.15) is 40.5 Å². The summed E-state index contributed by atoms with van der Waals surface area (Å²) in [5.74, 6) is -0.854. The lowest BCUT2D eigenvalue weighted by Gasteiger charge is -2.36. The van der Waals surface area contributed by atoms with Crippen molar-refractivity contribution in [2.24, 2.45) is 5.92 Å². The van der Waals surface area contributed by atoms with Crippen molar-refractivity contribution in [3.05, 3.63) is 0 Å². The summed E-state index contributed by atoms with van der Waals surface area (Å²) in [6.07, 6.45) is 1.05. The fraction of sp³-hybridized carbons (Fsp3) is 0.909. The summed E-state index contributed by atoms with van der Waals surface area (Å²) in [4.78, 5) is 11.2. The highest BCUT2D eigenvalue weighted by Gasteiger charge is 2.40. The maximum absolute atomic E-state index is 12.2. The van der Waals surface area contributed by atoms with E-state index in [2.05, 4.69) is 4.72 Å². The second-order valence-electron chi connectivity index (χ2n) is 5.95. The number of nitrogens with zero attached hydrogens (tertiary/aromatic N) is 1. The van der Waals surface area contributed by atoms with E-state index in [4.69, 9.17) is 5.11 Å². The van der Waals surface area contributed by atoms with Crippen LogP contribution in [0, 0.1) is 5.92 Å². The predicted octanol–water partition coefficient (Wildman–Crippen LogP) is 0.804. The van der Waals surface area contributed by atoms with Crippen molar-refractivity contribution < 1.29 is 18.3 Å². The minimum absolute atomic E-state index is 0.229. The van der Waals surface area contributed by atoms with Gasteiger partial charge in [0.15, 0.2) is 0 Å². The van der Waals surface area contributed by atoms with Gasteiger partial charge in [-0.05, 0) is 39.5 Å². The fourth-order valence-electron chi connectivity index (χ4n) is 2.08. The molecule has 106 valence electrons. The Labute approximate surface area is 109 Å². The SMILES string of the molecule is CC1CCN(S(=O)(=O)NC(C)(C)C)C(C(=O)O)C1. The van der Waals surface area contributed by atoms with E-state index in [1.54, 1.807) is 20.8 Å². The summed E-state index contributed by atoms with van der Waals surface area (Å²) >= 11 is 0. The minimum atomic E-state index is -3.76. The standard InChI is InChI=1S/C11H22N2O4S/c1-8-5-6-13(9(7-8)10(14)15)18(16,17)12-11(2,3)4/h8-9,12H,5-7H2,1-4H3,(H,14,15). The molecule has 2 atom stereocenters. The van der Waals surface area contributed by atoms with E-state index in [0.717, 1.165) is 4.31 Å². The van der Waals surface area contributed by atoms with Gasteiger partial charge in [-0.3, -0.25) is 4.79 Å². The van der Waals surface area contributed by atoms with Crippen LogP contribution in [0.4, 0.5) is 0 Å². The number of carbonyl (C=O) groups is 1. The lowest BCUT2D eigenvalue weighted by molar-refractivity contribution is -0.143. The molecule has 7 heteroatoms. The van der Waals surface area contributed by atoms with Crippen LogP contribution in [-0.2, 0) is 15.0 Å². The van der Waals surface area contributed by atoms with E-state index in [1.165, 1.54) is 0 Å². The molecule has 0 bridgehead atoms. The Bertz CT molecular complexity index is 413. The minimum Gasteiger partial charge on any atom is -0.480 e. The molecule has 0 aromatic rings. The van der Waals surface area contributed by atoms with E-state index >= 15 is 0 Å². The highest BCUT2D eigenvalue weighted by atomic mass is 32.2. The number of hydrogen-bond donors (Lipinski definition) is 2. The van der Waals surface area contributed by atoms with Crippen molar-refractivity contribution in [2.75, 3.05) is 6.54 Å². The number of aliphatic carboxylic acids is 1. The largest absolute Gasteiger partial charge is 0.480 e. The maximum atomic E-state index is 12.2. The monoisotopic (exact) mass is 278 g/mol. The molecule has 1 heterocycles. The number of rotatable bonds is 3. The Hall–Kier alpha value is -0.660. The summed E-state index contributed by atoms with van der Waals surface area (Å²) in [7, 11) is -3.76. The third-order valence-electron chi connectivity index (χ3n) is 2.84. The maximum Gasteiger partial charge on any atom is 0.322 e. The van der Waals surface area contributed by atoms with E-state index in [9.17, 15) is 13.2 Å². The molecule has 0 aromatic heterocycles. The molecule has 1 fully saturated rings. The van der Waals surface area contributed by atoms with Gasteiger partial charge >= 0.3 is 5.97 Å². The van der Waals surface area contributed by atoms with Crippen LogP contribution >= 0.6 is 0 Å². The summed E-state index contributed by atoms with van der Waals surface area (Å²) in [6.45, 7) is 7.38. The fourth-order valence-corrected chi connectivity index (χ4v) is 3.83. The van der Waals surface area contributed by atoms with Crippen LogP contribution < -0.4 is 4.72 Å². The van der Waals surface area contributed by atoms with E-state index in [-0.39, 0.29) is 12.5 Å². The number of nitrogens with one attached hydrogen (secondary N) is 1. The number of carboxylic acids is 1. The number of piperidine rings is 1. The van der Waals surface area contributed by atoms with Crippen LogP contribution in [0.3, 0.4) is 0 Å². The predicted molar refractivity (Wildman–Crippen MR) is 68.3 cm³/mol. The second-order valence-corrected chi connectivity index (χ2v) is 7.57. The average Bonchev–Trinajstić information content (AvgIpc) is 2.12. The molecule has 0 saturated carbocycles. The van der Waals surface area contributed by atoms with E-state index in [0.29, 0.717) is 12.8 Å². The van der Waals surface area contributed by atoms with Gasteiger partial charge in [0.25, 0.3) is 10.2 Å². The van der Waals surface area contributed by atoms with Crippen molar-refractivity contribution in [3.63, 3.8) is 0 Å². The van der Waals surface area contributed by atoms with Crippen molar-refractivity contribution in [3.8, 4) is 0 Å². The quantitative estimate of drug-likeness (QED) is 0.799. The highest BCUT2D eigenvalue weighted by molar-refractivity contribution is 7.87. The third-order valence-corrected chi connectivity index (χ3v) is 4.77. The van der Waals surface area contributed by atoms with Gasteiger partial charge in [0.1, 0.15) is 6.04 Å². The average molecular weight is 278 g/mol. The lowest BCUT2D eigenvalue weighted by Crippen LogP contribution is -2.56. The van der Waals surface area contributed by atoms with Crippen LogP contribution in [0.15, 0.2) is 0 Å². The van der Waals surface area contributed by atoms with Crippen LogP contribution in [-0.4, -0.2) is 41.9 Å². The number of carboxylic acid groups (broad SMARTS) is 1. The summed E-state index contributed by atoms with van der Waals surface area (Å²) in [5, 5.41) is 9.15. The molecule has 6 nitrogen and oxygen atoms in total.